The van der Waals surface area contributed by atoms with Crippen molar-refractivity contribution < 1.29 is 0 Å². The molecule has 1 heterocycles. The highest BCUT2D eigenvalue weighted by Crippen LogP contribution is 2.45. The molecule has 0 aromatic rings. The molecule has 0 spiro atoms. The molecule has 54 valence electrons. The molecule has 0 amide bonds. The van der Waals surface area contributed by atoms with Crippen LogP contribution >= 0.6 is 0 Å². The van der Waals surface area contributed by atoms with Gasteiger partial charge in [0.25, 0.3) is 0 Å². The molecule has 0 saturated heterocycles. The number of fused-ring (bicyclic) bond motifs is 3. The van der Waals surface area contributed by atoms with Gasteiger partial charge in [-0.1, -0.05) is 24.3 Å². The third-order valence-electron chi connectivity index (χ3n) is 2.76. The lowest BCUT2D eigenvalue weighted by atomic mass is 9.67. The first-order valence-corrected chi connectivity index (χ1v) is 4.04. The second-order valence-electron chi connectivity index (χ2n) is 3.27. The maximum absolute atomic E-state index is 4.27. The Morgan fingerprint density at radius 3 is 2.91 bits per heavy atom. The van der Waals surface area contributed by atoms with E-state index in [9.17, 15) is 0 Å². The molecule has 3 aliphatic rings. The van der Waals surface area contributed by atoms with Gasteiger partial charge in [-0.05, 0) is 11.1 Å². The van der Waals surface area contributed by atoms with Crippen LogP contribution in [0.25, 0.3) is 0 Å². The van der Waals surface area contributed by atoms with Crippen molar-refractivity contribution >= 4 is 6.21 Å². The Morgan fingerprint density at radius 2 is 2.00 bits per heavy atom. The molecule has 0 bridgehead atoms. The molecule has 1 unspecified atom stereocenters. The molecule has 0 aromatic carbocycles. The Morgan fingerprint density at radius 1 is 1.18 bits per heavy atom. The van der Waals surface area contributed by atoms with Gasteiger partial charge in [0, 0.05) is 18.1 Å². The summed E-state index contributed by atoms with van der Waals surface area (Å²) in [5.41, 5.74) is 3.03. The van der Waals surface area contributed by atoms with E-state index >= 15 is 0 Å². The van der Waals surface area contributed by atoms with Crippen LogP contribution in [0.2, 0.25) is 0 Å². The quantitative estimate of drug-likeness (QED) is 0.489. The fourth-order valence-electron chi connectivity index (χ4n) is 2.16. The molecule has 0 aromatic heterocycles. The topological polar surface area (TPSA) is 12.4 Å². The summed E-state index contributed by atoms with van der Waals surface area (Å²) >= 11 is 0. The number of hydrogen-bond acceptors (Lipinski definition) is 1. The fraction of sp³-hybridized carbons (Fsp3) is 0.300. The molecule has 1 nitrogen and oxygen atoms in total. The SMILES string of the molecule is C1=CC2C3=C(C=NC3)[C@H]2C=C1. The molecular weight excluding hydrogens is 134 g/mol. The molecule has 0 saturated carbocycles. The molecule has 1 heteroatoms. The second-order valence-corrected chi connectivity index (χ2v) is 3.27. The molecule has 0 N–H and O–H groups in total. The fourth-order valence-corrected chi connectivity index (χ4v) is 2.16. The average molecular weight is 143 g/mol. The summed E-state index contributed by atoms with van der Waals surface area (Å²) in [4.78, 5) is 4.27. The van der Waals surface area contributed by atoms with Crippen LogP contribution in [0.15, 0.2) is 40.4 Å². The number of nitrogens with zero attached hydrogens (tertiary/aromatic N) is 1. The zero-order chi connectivity index (χ0) is 7.26. The maximum atomic E-state index is 4.27. The van der Waals surface area contributed by atoms with Gasteiger partial charge in [-0.3, -0.25) is 4.99 Å². The molecule has 2 atom stereocenters. The standard InChI is InChI=1S/C10H9N/c1-2-4-8-7(3-1)9-5-11-6-10(8)9/h1-5,7-8H,6H2/t7-,8?/m0/s1. The van der Waals surface area contributed by atoms with E-state index in [1.54, 1.807) is 5.57 Å². The molecule has 0 radical (unpaired) electrons. The van der Waals surface area contributed by atoms with Crippen molar-refractivity contribution in [3.05, 3.63) is 35.5 Å². The number of hydrogen-bond donors (Lipinski definition) is 0. The number of allylic oxidation sites excluding steroid dienone is 5. The zero-order valence-electron chi connectivity index (χ0n) is 6.20. The predicted octanol–water partition coefficient (Wildman–Crippen LogP) is 1.74. The lowest BCUT2D eigenvalue weighted by molar-refractivity contribution is 0.538. The van der Waals surface area contributed by atoms with Crippen molar-refractivity contribution in [2.45, 2.75) is 0 Å². The predicted molar refractivity (Wildman–Crippen MR) is 45.6 cm³/mol. The molecule has 11 heavy (non-hydrogen) atoms. The highest BCUT2D eigenvalue weighted by atomic mass is 14.8. The summed E-state index contributed by atoms with van der Waals surface area (Å²) in [6, 6.07) is 0. The third kappa shape index (κ3) is 0.543. The Labute approximate surface area is 65.8 Å². The lowest BCUT2D eigenvalue weighted by Gasteiger charge is -2.35. The summed E-state index contributed by atoms with van der Waals surface area (Å²) in [7, 11) is 0. The lowest BCUT2D eigenvalue weighted by Crippen LogP contribution is -2.28. The monoisotopic (exact) mass is 143 g/mol. The largest absolute Gasteiger partial charge is 0.288 e. The number of aliphatic imine (C=N–C) groups is 1. The highest BCUT2D eigenvalue weighted by Gasteiger charge is 2.38. The first-order chi connectivity index (χ1) is 5.47. The summed E-state index contributed by atoms with van der Waals surface area (Å²) < 4.78 is 0. The number of rotatable bonds is 0. The van der Waals surface area contributed by atoms with Gasteiger partial charge in [0.2, 0.25) is 0 Å². The van der Waals surface area contributed by atoms with Gasteiger partial charge in [0.1, 0.15) is 0 Å². The van der Waals surface area contributed by atoms with Crippen molar-refractivity contribution in [3.63, 3.8) is 0 Å². The third-order valence-corrected chi connectivity index (χ3v) is 2.76. The van der Waals surface area contributed by atoms with Gasteiger partial charge < -0.3 is 0 Å². The van der Waals surface area contributed by atoms with Crippen molar-refractivity contribution in [1.29, 1.82) is 0 Å². The second kappa shape index (κ2) is 1.73. The Balaban J connectivity index is 2.08. The van der Waals surface area contributed by atoms with Crippen molar-refractivity contribution in [2.24, 2.45) is 16.8 Å². The van der Waals surface area contributed by atoms with E-state index in [-0.39, 0.29) is 0 Å². The minimum atomic E-state index is 0.668. The summed E-state index contributed by atoms with van der Waals surface area (Å²) in [6.45, 7) is 0.953. The van der Waals surface area contributed by atoms with E-state index in [2.05, 4.69) is 29.3 Å². The maximum Gasteiger partial charge on any atom is 0.0612 e. The van der Waals surface area contributed by atoms with Crippen molar-refractivity contribution in [2.75, 3.05) is 6.54 Å². The average Bonchev–Trinajstić information content (AvgIpc) is 2.44. The van der Waals surface area contributed by atoms with Crippen LogP contribution in [0.5, 0.6) is 0 Å². The molecule has 3 rings (SSSR count). The molecular formula is C10H9N. The Kier molecular flexibility index (Phi) is 0.869. The summed E-state index contributed by atoms with van der Waals surface area (Å²) in [5.74, 6) is 1.36. The van der Waals surface area contributed by atoms with Gasteiger partial charge in [-0.15, -0.1) is 0 Å². The van der Waals surface area contributed by atoms with Gasteiger partial charge in [-0.25, -0.2) is 0 Å². The van der Waals surface area contributed by atoms with Crippen LogP contribution in [0.3, 0.4) is 0 Å². The van der Waals surface area contributed by atoms with Crippen LogP contribution < -0.4 is 0 Å². The molecule has 2 aliphatic carbocycles. The zero-order valence-corrected chi connectivity index (χ0v) is 6.20. The van der Waals surface area contributed by atoms with E-state index in [0.717, 1.165) is 6.54 Å². The normalized spacial score (nSPS) is 37.1. The van der Waals surface area contributed by atoms with E-state index in [1.807, 2.05) is 6.21 Å². The van der Waals surface area contributed by atoms with Gasteiger partial charge in [-0.2, -0.15) is 0 Å². The Hall–Kier alpha value is -1.11. The Bertz CT molecular complexity index is 318. The van der Waals surface area contributed by atoms with Crippen molar-refractivity contribution in [1.82, 2.24) is 0 Å². The van der Waals surface area contributed by atoms with Crippen LogP contribution in [0, 0.1) is 11.8 Å². The minimum Gasteiger partial charge on any atom is -0.288 e. The van der Waals surface area contributed by atoms with Crippen molar-refractivity contribution in [3.8, 4) is 0 Å². The van der Waals surface area contributed by atoms with Gasteiger partial charge in [0.15, 0.2) is 0 Å². The van der Waals surface area contributed by atoms with Crippen LogP contribution in [-0.4, -0.2) is 12.8 Å². The smallest absolute Gasteiger partial charge is 0.0612 e. The van der Waals surface area contributed by atoms with E-state index in [1.165, 1.54) is 5.57 Å². The van der Waals surface area contributed by atoms with E-state index in [4.69, 9.17) is 0 Å². The van der Waals surface area contributed by atoms with Gasteiger partial charge >= 0.3 is 0 Å². The van der Waals surface area contributed by atoms with E-state index < -0.39 is 0 Å². The first-order valence-electron chi connectivity index (χ1n) is 4.04. The van der Waals surface area contributed by atoms with Gasteiger partial charge in [0.05, 0.1) is 6.54 Å². The summed E-state index contributed by atoms with van der Waals surface area (Å²) in [6.07, 6.45) is 10.9. The van der Waals surface area contributed by atoms with Crippen LogP contribution in [-0.2, 0) is 0 Å². The summed E-state index contributed by atoms with van der Waals surface area (Å²) in [5, 5.41) is 0. The first kappa shape index (κ1) is 5.53. The molecule has 1 aliphatic heterocycles. The van der Waals surface area contributed by atoms with Crippen LogP contribution in [0.4, 0.5) is 0 Å². The minimum absolute atomic E-state index is 0.668. The molecule has 0 fully saturated rings. The van der Waals surface area contributed by atoms with Crippen LogP contribution in [0.1, 0.15) is 0 Å². The highest BCUT2D eigenvalue weighted by molar-refractivity contribution is 5.87. The van der Waals surface area contributed by atoms with E-state index in [0.29, 0.717) is 11.8 Å².